The van der Waals surface area contributed by atoms with E-state index in [1.807, 2.05) is 24.3 Å². The fourth-order valence-corrected chi connectivity index (χ4v) is 2.85. The Bertz CT molecular complexity index is 590. The molecule has 7 nitrogen and oxygen atoms in total. The van der Waals surface area contributed by atoms with Gasteiger partial charge in [0.25, 0.3) is 0 Å². The van der Waals surface area contributed by atoms with Crippen molar-refractivity contribution in [3.63, 3.8) is 0 Å². The zero-order valence-electron chi connectivity index (χ0n) is 16.8. The van der Waals surface area contributed by atoms with Crippen molar-refractivity contribution in [3.8, 4) is 0 Å². The number of amides is 1. The lowest BCUT2D eigenvalue weighted by atomic mass is 10.1. The lowest BCUT2D eigenvalue weighted by Gasteiger charge is -2.13. The summed E-state index contributed by atoms with van der Waals surface area (Å²) in [6.07, 6.45) is 2.94. The average molecular weight is 504 g/mol. The van der Waals surface area contributed by atoms with E-state index in [1.165, 1.54) is 12.5 Å². The SMILES string of the molecule is CN=C(NCCCOCC1CCOC1)NCCc1ccc(NC(C)=O)cc1.I. The standard InChI is InChI=1S/C20H32N4O3.HI/c1-16(25)24-19-6-4-17(5-7-19)8-11-23-20(21-2)22-10-3-12-26-14-18-9-13-27-15-18;/h4-7,18H,3,8-15H2,1-2H3,(H,24,25)(H2,21,22,23);1H. The summed E-state index contributed by atoms with van der Waals surface area (Å²) in [5.41, 5.74) is 2.02. The molecular weight excluding hydrogens is 471 g/mol. The van der Waals surface area contributed by atoms with E-state index in [1.54, 1.807) is 7.05 Å². The van der Waals surface area contributed by atoms with Crippen LogP contribution in [0.25, 0.3) is 0 Å². The molecule has 1 saturated heterocycles. The maximum atomic E-state index is 11.0. The van der Waals surface area contributed by atoms with Gasteiger partial charge in [0.2, 0.25) is 5.91 Å². The molecule has 3 N–H and O–H groups in total. The summed E-state index contributed by atoms with van der Waals surface area (Å²) >= 11 is 0. The molecule has 1 aromatic rings. The molecule has 2 rings (SSSR count). The first-order chi connectivity index (χ1) is 13.2. The quantitative estimate of drug-likeness (QED) is 0.197. The Morgan fingerprint density at radius 2 is 2.00 bits per heavy atom. The Kier molecular flexibility index (Phi) is 12.8. The summed E-state index contributed by atoms with van der Waals surface area (Å²) in [6, 6.07) is 7.88. The molecule has 28 heavy (non-hydrogen) atoms. The molecule has 1 unspecified atom stereocenters. The van der Waals surface area contributed by atoms with Gasteiger partial charge in [-0.05, 0) is 37.0 Å². The molecule has 1 heterocycles. The van der Waals surface area contributed by atoms with Crippen molar-refractivity contribution in [1.29, 1.82) is 0 Å². The summed E-state index contributed by atoms with van der Waals surface area (Å²) in [5, 5.41) is 9.38. The van der Waals surface area contributed by atoms with Gasteiger partial charge in [-0.3, -0.25) is 9.79 Å². The van der Waals surface area contributed by atoms with Crippen molar-refractivity contribution in [2.24, 2.45) is 10.9 Å². The van der Waals surface area contributed by atoms with Crippen LogP contribution in [-0.4, -0.2) is 58.4 Å². The monoisotopic (exact) mass is 504 g/mol. The predicted octanol–water partition coefficient (Wildman–Crippen LogP) is 2.41. The summed E-state index contributed by atoms with van der Waals surface area (Å²) in [4.78, 5) is 15.3. The first kappa shape index (κ1) is 24.6. The maximum Gasteiger partial charge on any atom is 0.221 e. The van der Waals surface area contributed by atoms with Crippen LogP contribution in [-0.2, 0) is 20.7 Å². The highest BCUT2D eigenvalue weighted by Crippen LogP contribution is 2.12. The van der Waals surface area contributed by atoms with Gasteiger partial charge in [-0.15, -0.1) is 24.0 Å². The molecule has 0 spiro atoms. The molecule has 0 aromatic heterocycles. The fourth-order valence-electron chi connectivity index (χ4n) is 2.85. The Morgan fingerprint density at radius 1 is 1.25 bits per heavy atom. The zero-order valence-corrected chi connectivity index (χ0v) is 19.2. The number of hydrogen-bond acceptors (Lipinski definition) is 4. The van der Waals surface area contributed by atoms with Crippen LogP contribution >= 0.6 is 24.0 Å². The lowest BCUT2D eigenvalue weighted by Crippen LogP contribution is -2.39. The predicted molar refractivity (Wildman–Crippen MR) is 124 cm³/mol. The number of anilines is 1. The summed E-state index contributed by atoms with van der Waals surface area (Å²) < 4.78 is 11.0. The van der Waals surface area contributed by atoms with Gasteiger partial charge in [0.1, 0.15) is 0 Å². The number of guanidine groups is 1. The van der Waals surface area contributed by atoms with E-state index in [0.717, 1.165) is 70.4 Å². The Hall–Kier alpha value is -1.39. The van der Waals surface area contributed by atoms with Crippen molar-refractivity contribution < 1.29 is 14.3 Å². The van der Waals surface area contributed by atoms with Crippen LogP contribution in [0, 0.1) is 5.92 Å². The van der Waals surface area contributed by atoms with E-state index >= 15 is 0 Å². The molecule has 1 aliphatic rings. The Morgan fingerprint density at radius 3 is 2.64 bits per heavy atom. The molecule has 0 radical (unpaired) electrons. The molecule has 1 aromatic carbocycles. The highest BCUT2D eigenvalue weighted by atomic mass is 127. The number of nitrogens with one attached hydrogen (secondary N) is 3. The number of aliphatic imine (C=N–C) groups is 1. The molecule has 1 atom stereocenters. The average Bonchev–Trinajstić information content (AvgIpc) is 3.17. The first-order valence-corrected chi connectivity index (χ1v) is 9.64. The van der Waals surface area contributed by atoms with E-state index in [-0.39, 0.29) is 29.9 Å². The van der Waals surface area contributed by atoms with Crippen LogP contribution in [0.5, 0.6) is 0 Å². The third-order valence-electron chi connectivity index (χ3n) is 4.34. The van der Waals surface area contributed by atoms with Crippen molar-refractivity contribution in [2.75, 3.05) is 51.9 Å². The molecular formula is C20H33IN4O3. The fraction of sp³-hybridized carbons (Fsp3) is 0.600. The van der Waals surface area contributed by atoms with Crippen LogP contribution < -0.4 is 16.0 Å². The van der Waals surface area contributed by atoms with Crippen molar-refractivity contribution in [2.45, 2.75) is 26.2 Å². The van der Waals surface area contributed by atoms with Crippen LogP contribution in [0.2, 0.25) is 0 Å². The molecule has 0 aliphatic carbocycles. The van der Waals surface area contributed by atoms with Crippen LogP contribution in [0.15, 0.2) is 29.3 Å². The van der Waals surface area contributed by atoms with Crippen molar-refractivity contribution in [3.05, 3.63) is 29.8 Å². The minimum Gasteiger partial charge on any atom is -0.381 e. The van der Waals surface area contributed by atoms with Gasteiger partial charge in [0.15, 0.2) is 5.96 Å². The van der Waals surface area contributed by atoms with E-state index in [4.69, 9.17) is 9.47 Å². The van der Waals surface area contributed by atoms with Crippen LogP contribution in [0.4, 0.5) is 5.69 Å². The van der Waals surface area contributed by atoms with E-state index in [2.05, 4.69) is 20.9 Å². The molecule has 1 aliphatic heterocycles. The van der Waals surface area contributed by atoms with Gasteiger partial charge in [-0.25, -0.2) is 0 Å². The van der Waals surface area contributed by atoms with Crippen LogP contribution in [0.1, 0.15) is 25.3 Å². The summed E-state index contributed by atoms with van der Waals surface area (Å²) in [5.74, 6) is 1.31. The number of hydrogen-bond donors (Lipinski definition) is 3. The molecule has 1 fully saturated rings. The molecule has 0 bridgehead atoms. The number of nitrogens with zero attached hydrogens (tertiary/aromatic N) is 1. The van der Waals surface area contributed by atoms with Crippen molar-refractivity contribution in [1.82, 2.24) is 10.6 Å². The first-order valence-electron chi connectivity index (χ1n) is 9.64. The smallest absolute Gasteiger partial charge is 0.221 e. The number of carbonyl (C=O) groups is 1. The van der Waals surface area contributed by atoms with Gasteiger partial charge in [0.05, 0.1) is 13.2 Å². The van der Waals surface area contributed by atoms with Gasteiger partial charge in [-0.2, -0.15) is 0 Å². The number of carbonyl (C=O) groups excluding carboxylic acids is 1. The van der Waals surface area contributed by atoms with Gasteiger partial charge in [-0.1, -0.05) is 12.1 Å². The number of halogens is 1. The summed E-state index contributed by atoms with van der Waals surface area (Å²) in [6.45, 7) is 6.38. The summed E-state index contributed by atoms with van der Waals surface area (Å²) in [7, 11) is 1.77. The largest absolute Gasteiger partial charge is 0.381 e. The Balaban J connectivity index is 0.00000392. The highest BCUT2D eigenvalue weighted by Gasteiger charge is 2.15. The minimum atomic E-state index is -0.0581. The normalized spacial score (nSPS) is 16.4. The number of ether oxygens (including phenoxy) is 2. The van der Waals surface area contributed by atoms with Gasteiger partial charge < -0.3 is 25.4 Å². The van der Waals surface area contributed by atoms with Crippen LogP contribution in [0.3, 0.4) is 0 Å². The van der Waals surface area contributed by atoms with E-state index in [0.29, 0.717) is 5.92 Å². The second kappa shape index (κ2) is 14.6. The lowest BCUT2D eigenvalue weighted by molar-refractivity contribution is -0.114. The zero-order chi connectivity index (χ0) is 19.3. The number of rotatable bonds is 10. The second-order valence-corrected chi connectivity index (χ2v) is 6.71. The molecule has 1 amide bonds. The Labute approximate surface area is 185 Å². The number of benzene rings is 1. The van der Waals surface area contributed by atoms with E-state index < -0.39 is 0 Å². The third-order valence-corrected chi connectivity index (χ3v) is 4.34. The van der Waals surface area contributed by atoms with E-state index in [9.17, 15) is 4.79 Å². The van der Waals surface area contributed by atoms with Crippen molar-refractivity contribution >= 4 is 41.5 Å². The second-order valence-electron chi connectivity index (χ2n) is 6.71. The van der Waals surface area contributed by atoms with Gasteiger partial charge in [0, 0.05) is 51.9 Å². The minimum absolute atomic E-state index is 0. The topological polar surface area (TPSA) is 84.0 Å². The van der Waals surface area contributed by atoms with Gasteiger partial charge >= 0.3 is 0 Å². The molecule has 8 heteroatoms. The molecule has 0 saturated carbocycles. The highest BCUT2D eigenvalue weighted by molar-refractivity contribution is 14.0. The maximum absolute atomic E-state index is 11.0. The molecule has 158 valence electrons. The third kappa shape index (κ3) is 10.2.